The molecule has 15 heavy (non-hydrogen) atoms. The normalized spacial score (nSPS) is 34.9. The summed E-state index contributed by atoms with van der Waals surface area (Å²) < 4.78 is 5.75. The van der Waals surface area contributed by atoms with E-state index in [4.69, 9.17) is 4.74 Å². The third kappa shape index (κ3) is 1.78. The Bertz CT molecular complexity index is 315. The molecule has 0 aromatic heterocycles. The molecule has 2 aliphatic heterocycles. The minimum absolute atomic E-state index is 0.0344. The zero-order valence-electron chi connectivity index (χ0n) is 9.59. The summed E-state index contributed by atoms with van der Waals surface area (Å²) in [5.74, 6) is 0.671. The molecule has 2 heterocycles. The fourth-order valence-electron chi connectivity index (χ4n) is 1.99. The van der Waals surface area contributed by atoms with Gasteiger partial charge in [0.2, 0.25) is 0 Å². The van der Waals surface area contributed by atoms with Crippen molar-refractivity contribution in [1.82, 2.24) is 5.32 Å². The molecule has 4 nitrogen and oxygen atoms in total. The topological polar surface area (TPSA) is 50.7 Å². The lowest BCUT2D eigenvalue weighted by molar-refractivity contribution is -0.122. The van der Waals surface area contributed by atoms with E-state index in [9.17, 15) is 4.79 Å². The van der Waals surface area contributed by atoms with E-state index in [0.717, 1.165) is 25.9 Å². The fourth-order valence-corrected chi connectivity index (χ4v) is 1.99. The zero-order valence-corrected chi connectivity index (χ0v) is 9.59. The largest absolute Gasteiger partial charge is 0.367 e. The standard InChI is InChI=1S/C11H18N2O2/c1-10(2)9(14)12-8(13-10)11(3)6-4-5-7-15-11/h4-7H2,1-3H3,(H,12,13,14). The first kappa shape index (κ1) is 10.6. The smallest absolute Gasteiger partial charge is 0.252 e. The Morgan fingerprint density at radius 1 is 1.33 bits per heavy atom. The average Bonchev–Trinajstić information content (AvgIpc) is 2.43. The second-order valence-corrected chi connectivity index (χ2v) is 5.01. The molecule has 84 valence electrons. The highest BCUT2D eigenvalue weighted by Gasteiger charge is 2.43. The van der Waals surface area contributed by atoms with E-state index in [2.05, 4.69) is 10.3 Å². The third-order valence-corrected chi connectivity index (χ3v) is 3.15. The molecule has 1 N–H and O–H groups in total. The lowest BCUT2D eigenvalue weighted by atomic mass is 9.95. The molecule has 1 fully saturated rings. The van der Waals surface area contributed by atoms with Gasteiger partial charge in [0.15, 0.2) is 0 Å². The molecule has 0 aliphatic carbocycles. The molecule has 0 saturated carbocycles. The van der Waals surface area contributed by atoms with Crippen molar-refractivity contribution < 1.29 is 9.53 Å². The summed E-state index contributed by atoms with van der Waals surface area (Å²) in [7, 11) is 0. The summed E-state index contributed by atoms with van der Waals surface area (Å²) in [5.41, 5.74) is -1.03. The number of ether oxygens (including phenoxy) is 1. The van der Waals surface area contributed by atoms with Crippen molar-refractivity contribution in [2.24, 2.45) is 4.99 Å². The molecule has 2 rings (SSSR count). The minimum atomic E-state index is -0.640. The van der Waals surface area contributed by atoms with Gasteiger partial charge in [0.05, 0.1) is 0 Å². The maximum absolute atomic E-state index is 11.6. The highest BCUT2D eigenvalue weighted by atomic mass is 16.5. The van der Waals surface area contributed by atoms with Crippen molar-refractivity contribution in [2.45, 2.75) is 51.2 Å². The molecule has 0 radical (unpaired) electrons. The fraction of sp³-hybridized carbons (Fsp3) is 0.818. The third-order valence-electron chi connectivity index (χ3n) is 3.15. The highest BCUT2D eigenvalue weighted by molar-refractivity contribution is 6.11. The second-order valence-electron chi connectivity index (χ2n) is 5.01. The second kappa shape index (κ2) is 3.30. The minimum Gasteiger partial charge on any atom is -0.367 e. The van der Waals surface area contributed by atoms with Gasteiger partial charge in [-0.3, -0.25) is 9.79 Å². The van der Waals surface area contributed by atoms with E-state index >= 15 is 0 Å². The van der Waals surface area contributed by atoms with Gasteiger partial charge < -0.3 is 10.1 Å². The Morgan fingerprint density at radius 2 is 2.07 bits per heavy atom. The summed E-state index contributed by atoms with van der Waals surface area (Å²) in [6.07, 6.45) is 3.16. The van der Waals surface area contributed by atoms with Gasteiger partial charge in [0.25, 0.3) is 5.91 Å². The zero-order chi connectivity index (χ0) is 11.1. The molecule has 1 saturated heterocycles. The van der Waals surface area contributed by atoms with Gasteiger partial charge in [-0.1, -0.05) is 0 Å². The molecular weight excluding hydrogens is 192 g/mol. The van der Waals surface area contributed by atoms with Gasteiger partial charge in [0.1, 0.15) is 17.0 Å². The van der Waals surface area contributed by atoms with E-state index in [1.54, 1.807) is 0 Å². The molecule has 1 atom stereocenters. The first-order chi connectivity index (χ1) is 6.94. The van der Waals surface area contributed by atoms with Crippen LogP contribution in [0.1, 0.15) is 40.0 Å². The van der Waals surface area contributed by atoms with Crippen LogP contribution in [-0.4, -0.2) is 29.5 Å². The van der Waals surface area contributed by atoms with Gasteiger partial charge in [-0.25, -0.2) is 0 Å². The Kier molecular flexibility index (Phi) is 2.34. The van der Waals surface area contributed by atoms with Gasteiger partial charge in [-0.2, -0.15) is 0 Å². The van der Waals surface area contributed by atoms with E-state index in [1.165, 1.54) is 0 Å². The van der Waals surface area contributed by atoms with Gasteiger partial charge in [0, 0.05) is 6.61 Å². The number of amides is 1. The van der Waals surface area contributed by atoms with E-state index in [-0.39, 0.29) is 11.5 Å². The first-order valence-corrected chi connectivity index (χ1v) is 5.50. The number of carbonyl (C=O) groups is 1. The van der Waals surface area contributed by atoms with Gasteiger partial charge in [-0.15, -0.1) is 0 Å². The van der Waals surface area contributed by atoms with Crippen LogP contribution >= 0.6 is 0 Å². The van der Waals surface area contributed by atoms with Crippen molar-refractivity contribution in [3.63, 3.8) is 0 Å². The molecule has 0 spiro atoms. The van der Waals surface area contributed by atoms with Crippen LogP contribution in [0.3, 0.4) is 0 Å². The molecular formula is C11H18N2O2. The van der Waals surface area contributed by atoms with Crippen LogP contribution in [0.25, 0.3) is 0 Å². The SMILES string of the molecule is CC1(C)N=C(C2(C)CCCCO2)NC1=O. The average molecular weight is 210 g/mol. The van der Waals surface area contributed by atoms with Gasteiger partial charge in [-0.05, 0) is 40.0 Å². The van der Waals surface area contributed by atoms with Crippen LogP contribution in [0.4, 0.5) is 0 Å². The van der Waals surface area contributed by atoms with Crippen molar-refractivity contribution in [1.29, 1.82) is 0 Å². The number of carbonyl (C=O) groups excluding carboxylic acids is 1. The molecule has 1 unspecified atom stereocenters. The van der Waals surface area contributed by atoms with Crippen LogP contribution in [0.5, 0.6) is 0 Å². The monoisotopic (exact) mass is 210 g/mol. The molecule has 0 aromatic carbocycles. The Balaban J connectivity index is 2.21. The quantitative estimate of drug-likeness (QED) is 0.708. The highest BCUT2D eigenvalue weighted by Crippen LogP contribution is 2.29. The number of aliphatic imine (C=N–C) groups is 1. The van der Waals surface area contributed by atoms with Crippen LogP contribution in [0.15, 0.2) is 4.99 Å². The van der Waals surface area contributed by atoms with Crippen LogP contribution < -0.4 is 5.32 Å². The maximum atomic E-state index is 11.6. The number of nitrogens with one attached hydrogen (secondary N) is 1. The molecule has 1 amide bonds. The molecule has 2 aliphatic rings. The molecule has 4 heteroatoms. The first-order valence-electron chi connectivity index (χ1n) is 5.50. The Labute approximate surface area is 90.1 Å². The van der Waals surface area contributed by atoms with Crippen LogP contribution in [0.2, 0.25) is 0 Å². The summed E-state index contributed by atoms with van der Waals surface area (Å²) in [6.45, 7) is 6.40. The predicted octanol–water partition coefficient (Wildman–Crippen LogP) is 1.25. The van der Waals surface area contributed by atoms with Crippen molar-refractivity contribution in [3.05, 3.63) is 0 Å². The summed E-state index contributed by atoms with van der Waals surface area (Å²) in [6, 6.07) is 0. The number of hydrogen-bond acceptors (Lipinski definition) is 3. The van der Waals surface area contributed by atoms with Crippen molar-refractivity contribution in [2.75, 3.05) is 6.61 Å². The maximum Gasteiger partial charge on any atom is 0.252 e. The Hall–Kier alpha value is -0.900. The number of nitrogens with zero attached hydrogens (tertiary/aromatic N) is 1. The van der Waals surface area contributed by atoms with Crippen molar-refractivity contribution >= 4 is 11.7 Å². The van der Waals surface area contributed by atoms with Crippen molar-refractivity contribution in [3.8, 4) is 0 Å². The summed E-state index contributed by atoms with van der Waals surface area (Å²) in [5, 5.41) is 2.84. The lowest BCUT2D eigenvalue weighted by Gasteiger charge is -2.33. The lowest BCUT2D eigenvalue weighted by Crippen LogP contribution is -2.48. The van der Waals surface area contributed by atoms with E-state index in [0.29, 0.717) is 5.84 Å². The van der Waals surface area contributed by atoms with Crippen LogP contribution in [0, 0.1) is 0 Å². The predicted molar refractivity (Wildman–Crippen MR) is 57.9 cm³/mol. The van der Waals surface area contributed by atoms with Crippen LogP contribution in [-0.2, 0) is 9.53 Å². The number of rotatable bonds is 1. The molecule has 0 bridgehead atoms. The number of hydrogen-bond donors (Lipinski definition) is 1. The summed E-state index contributed by atoms with van der Waals surface area (Å²) in [4.78, 5) is 16.0. The van der Waals surface area contributed by atoms with E-state index in [1.807, 2.05) is 20.8 Å². The molecule has 0 aromatic rings. The summed E-state index contributed by atoms with van der Waals surface area (Å²) >= 11 is 0. The number of amidine groups is 1. The van der Waals surface area contributed by atoms with E-state index < -0.39 is 5.54 Å². The Morgan fingerprint density at radius 3 is 2.53 bits per heavy atom. The van der Waals surface area contributed by atoms with Gasteiger partial charge >= 0.3 is 0 Å².